The lowest BCUT2D eigenvalue weighted by molar-refractivity contribution is -0.118. The molecule has 1 aromatic rings. The van der Waals surface area contributed by atoms with E-state index < -0.39 is 10.0 Å². The SMILES string of the molecule is CCC(=O)N1CCc2cc(S(=O)(=O)NCCCN3CCCC3)ccc21. The summed E-state index contributed by atoms with van der Waals surface area (Å²) in [5, 5.41) is 0. The minimum Gasteiger partial charge on any atom is -0.312 e. The van der Waals surface area contributed by atoms with Crippen molar-refractivity contribution in [1.82, 2.24) is 9.62 Å². The van der Waals surface area contributed by atoms with Crippen LogP contribution in [0.2, 0.25) is 0 Å². The van der Waals surface area contributed by atoms with Crippen LogP contribution in [-0.4, -0.2) is 51.9 Å². The monoisotopic (exact) mass is 365 g/mol. The molecule has 0 aromatic heterocycles. The number of hydrogen-bond donors (Lipinski definition) is 1. The third kappa shape index (κ3) is 4.22. The van der Waals surface area contributed by atoms with Gasteiger partial charge in [-0.25, -0.2) is 13.1 Å². The molecule has 1 amide bonds. The minimum atomic E-state index is -3.49. The average Bonchev–Trinajstić information content (AvgIpc) is 3.27. The molecule has 25 heavy (non-hydrogen) atoms. The average molecular weight is 365 g/mol. The maximum Gasteiger partial charge on any atom is 0.240 e. The molecule has 0 saturated carbocycles. The number of hydrogen-bond acceptors (Lipinski definition) is 4. The number of likely N-dealkylation sites (tertiary alicyclic amines) is 1. The highest BCUT2D eigenvalue weighted by atomic mass is 32.2. The van der Waals surface area contributed by atoms with Crippen LogP contribution in [0.25, 0.3) is 0 Å². The van der Waals surface area contributed by atoms with Crippen LogP contribution in [0.5, 0.6) is 0 Å². The molecule has 0 spiro atoms. The summed E-state index contributed by atoms with van der Waals surface area (Å²) in [5.74, 6) is 0.0781. The lowest BCUT2D eigenvalue weighted by Gasteiger charge is -2.17. The summed E-state index contributed by atoms with van der Waals surface area (Å²) in [7, 11) is -3.49. The zero-order chi connectivity index (χ0) is 17.9. The predicted molar refractivity (Wildman–Crippen MR) is 98.3 cm³/mol. The van der Waals surface area contributed by atoms with E-state index in [1.165, 1.54) is 12.8 Å². The van der Waals surface area contributed by atoms with Gasteiger partial charge in [0.05, 0.1) is 4.90 Å². The van der Waals surface area contributed by atoms with Crippen molar-refractivity contribution < 1.29 is 13.2 Å². The van der Waals surface area contributed by atoms with E-state index in [0.29, 0.717) is 30.8 Å². The first kappa shape index (κ1) is 18.4. The number of nitrogens with zero attached hydrogens (tertiary/aromatic N) is 2. The van der Waals surface area contributed by atoms with Crippen molar-refractivity contribution >= 4 is 21.6 Å². The maximum absolute atomic E-state index is 12.5. The molecule has 1 saturated heterocycles. The molecule has 1 fully saturated rings. The van der Waals surface area contributed by atoms with Gasteiger partial charge in [-0.3, -0.25) is 4.79 Å². The van der Waals surface area contributed by atoms with Gasteiger partial charge < -0.3 is 9.80 Å². The van der Waals surface area contributed by atoms with Crippen molar-refractivity contribution in [1.29, 1.82) is 0 Å². The van der Waals surface area contributed by atoms with Gasteiger partial charge in [-0.2, -0.15) is 0 Å². The summed E-state index contributed by atoms with van der Waals surface area (Å²) < 4.78 is 27.7. The first-order valence-electron chi connectivity index (χ1n) is 9.16. The van der Waals surface area contributed by atoms with Crippen molar-refractivity contribution in [2.75, 3.05) is 37.6 Å². The highest BCUT2D eigenvalue weighted by Gasteiger charge is 2.25. The van der Waals surface area contributed by atoms with E-state index in [9.17, 15) is 13.2 Å². The predicted octanol–water partition coefficient (Wildman–Crippen LogP) is 1.75. The van der Waals surface area contributed by atoms with E-state index in [1.807, 2.05) is 6.92 Å². The summed E-state index contributed by atoms with van der Waals surface area (Å²) in [6.07, 6.45) is 4.48. The standard InChI is InChI=1S/C18H27N3O3S/c1-2-18(22)21-13-8-15-14-16(6-7-17(15)21)25(23,24)19-9-5-12-20-10-3-4-11-20/h6-7,14,19H,2-5,8-13H2,1H3. The zero-order valence-electron chi connectivity index (χ0n) is 14.8. The highest BCUT2D eigenvalue weighted by molar-refractivity contribution is 7.89. The Balaban J connectivity index is 1.60. The molecular formula is C18H27N3O3S. The van der Waals surface area contributed by atoms with Gasteiger partial charge >= 0.3 is 0 Å². The van der Waals surface area contributed by atoms with Crippen molar-refractivity contribution in [3.63, 3.8) is 0 Å². The lowest BCUT2D eigenvalue weighted by Crippen LogP contribution is -2.29. The summed E-state index contributed by atoms with van der Waals surface area (Å²) in [6.45, 7) is 6.13. The minimum absolute atomic E-state index is 0.0781. The third-order valence-electron chi connectivity index (χ3n) is 5.00. The van der Waals surface area contributed by atoms with E-state index in [4.69, 9.17) is 0 Å². The van der Waals surface area contributed by atoms with Gasteiger partial charge in [-0.1, -0.05) is 6.92 Å². The molecule has 0 bridgehead atoms. The normalized spacial score (nSPS) is 17.9. The number of rotatable bonds is 7. The Morgan fingerprint density at radius 1 is 1.20 bits per heavy atom. The summed E-state index contributed by atoms with van der Waals surface area (Å²) >= 11 is 0. The second kappa shape index (κ2) is 7.85. The number of fused-ring (bicyclic) bond motifs is 1. The maximum atomic E-state index is 12.5. The number of carbonyl (C=O) groups is 1. The second-order valence-corrected chi connectivity index (χ2v) is 8.51. The molecular weight excluding hydrogens is 338 g/mol. The Kier molecular flexibility index (Phi) is 5.76. The quantitative estimate of drug-likeness (QED) is 0.748. The van der Waals surface area contributed by atoms with Gasteiger partial charge in [0.15, 0.2) is 0 Å². The fraction of sp³-hybridized carbons (Fsp3) is 0.611. The van der Waals surface area contributed by atoms with Crippen molar-refractivity contribution in [2.24, 2.45) is 0 Å². The van der Waals surface area contributed by atoms with Gasteiger partial charge in [0, 0.05) is 25.2 Å². The van der Waals surface area contributed by atoms with Crippen LogP contribution in [0, 0.1) is 0 Å². The summed E-state index contributed by atoms with van der Waals surface area (Å²) in [6, 6.07) is 5.07. The molecule has 1 N–H and O–H groups in total. The smallest absolute Gasteiger partial charge is 0.240 e. The van der Waals surface area contributed by atoms with Crippen LogP contribution in [0.15, 0.2) is 23.1 Å². The Morgan fingerprint density at radius 3 is 2.68 bits per heavy atom. The van der Waals surface area contributed by atoms with Gasteiger partial charge in [0.2, 0.25) is 15.9 Å². The van der Waals surface area contributed by atoms with Crippen LogP contribution < -0.4 is 9.62 Å². The first-order valence-corrected chi connectivity index (χ1v) is 10.6. The zero-order valence-corrected chi connectivity index (χ0v) is 15.6. The molecule has 3 rings (SSSR count). The second-order valence-electron chi connectivity index (χ2n) is 6.74. The molecule has 7 heteroatoms. The molecule has 0 radical (unpaired) electrons. The number of anilines is 1. The van der Waals surface area contributed by atoms with Crippen molar-refractivity contribution in [3.05, 3.63) is 23.8 Å². The van der Waals surface area contributed by atoms with E-state index in [1.54, 1.807) is 23.1 Å². The molecule has 138 valence electrons. The van der Waals surface area contributed by atoms with Gasteiger partial charge in [-0.05, 0) is 69.1 Å². The van der Waals surface area contributed by atoms with E-state index in [2.05, 4.69) is 9.62 Å². The van der Waals surface area contributed by atoms with E-state index >= 15 is 0 Å². The van der Waals surface area contributed by atoms with Crippen LogP contribution in [0.4, 0.5) is 5.69 Å². The van der Waals surface area contributed by atoms with Crippen LogP contribution in [-0.2, 0) is 21.2 Å². The molecule has 6 nitrogen and oxygen atoms in total. The van der Waals surface area contributed by atoms with E-state index in [-0.39, 0.29) is 5.91 Å². The Hall–Kier alpha value is -1.44. The molecule has 0 atom stereocenters. The largest absolute Gasteiger partial charge is 0.312 e. The fourth-order valence-corrected chi connectivity index (χ4v) is 4.72. The van der Waals surface area contributed by atoms with Crippen LogP contribution >= 0.6 is 0 Å². The topological polar surface area (TPSA) is 69.7 Å². The van der Waals surface area contributed by atoms with Gasteiger partial charge in [0.1, 0.15) is 0 Å². The fourth-order valence-electron chi connectivity index (χ4n) is 3.59. The number of sulfonamides is 1. The first-order chi connectivity index (χ1) is 12.0. The molecule has 2 aliphatic rings. The van der Waals surface area contributed by atoms with Crippen LogP contribution in [0.3, 0.4) is 0 Å². The lowest BCUT2D eigenvalue weighted by atomic mass is 10.2. The van der Waals surface area contributed by atoms with Crippen molar-refractivity contribution in [3.8, 4) is 0 Å². The number of carbonyl (C=O) groups excluding carboxylic acids is 1. The number of benzene rings is 1. The Bertz CT molecular complexity index is 727. The third-order valence-corrected chi connectivity index (χ3v) is 6.46. The summed E-state index contributed by atoms with van der Waals surface area (Å²) in [4.78, 5) is 16.3. The molecule has 2 aliphatic heterocycles. The Morgan fingerprint density at radius 2 is 1.96 bits per heavy atom. The Labute approximate surface area is 150 Å². The molecule has 0 unspecified atom stereocenters. The molecule has 0 aliphatic carbocycles. The van der Waals surface area contributed by atoms with E-state index in [0.717, 1.165) is 37.3 Å². The highest BCUT2D eigenvalue weighted by Crippen LogP contribution is 2.30. The number of nitrogens with one attached hydrogen (secondary N) is 1. The van der Waals surface area contributed by atoms with Gasteiger partial charge in [0.25, 0.3) is 0 Å². The van der Waals surface area contributed by atoms with Crippen LogP contribution in [0.1, 0.15) is 38.2 Å². The molecule has 2 heterocycles. The number of amides is 1. The van der Waals surface area contributed by atoms with Crippen molar-refractivity contribution in [2.45, 2.75) is 43.9 Å². The summed E-state index contributed by atoms with van der Waals surface area (Å²) in [5.41, 5.74) is 1.78. The molecule has 1 aromatic carbocycles. The van der Waals surface area contributed by atoms with Gasteiger partial charge in [-0.15, -0.1) is 0 Å².